The Morgan fingerprint density at radius 2 is 2.00 bits per heavy atom. The van der Waals surface area contributed by atoms with E-state index in [4.69, 9.17) is 11.6 Å². The second-order valence-electron chi connectivity index (χ2n) is 6.11. The van der Waals surface area contributed by atoms with Gasteiger partial charge in [0.15, 0.2) is 5.78 Å². The van der Waals surface area contributed by atoms with Gasteiger partial charge >= 0.3 is 0 Å². The van der Waals surface area contributed by atoms with Crippen LogP contribution in [0.2, 0.25) is 5.02 Å². The first-order chi connectivity index (χ1) is 9.39. The van der Waals surface area contributed by atoms with E-state index >= 15 is 0 Å². The number of hydrogen-bond donors (Lipinski definition) is 0. The lowest BCUT2D eigenvalue weighted by molar-refractivity contribution is -0.120. The Morgan fingerprint density at radius 1 is 1.35 bits per heavy atom. The molecule has 0 fully saturated rings. The van der Waals surface area contributed by atoms with Gasteiger partial charge in [-0.3, -0.25) is 9.80 Å². The molecular formula is C16H21ClN2O. The van der Waals surface area contributed by atoms with Crippen LogP contribution in [0, 0.1) is 5.41 Å². The minimum absolute atomic E-state index is 0.116. The van der Waals surface area contributed by atoms with E-state index in [-0.39, 0.29) is 11.2 Å². The normalized spacial score (nSPS) is 17.8. The van der Waals surface area contributed by atoms with Gasteiger partial charge in [-0.15, -0.1) is 0 Å². The van der Waals surface area contributed by atoms with Crippen molar-refractivity contribution in [2.45, 2.75) is 33.6 Å². The van der Waals surface area contributed by atoms with E-state index in [2.05, 4.69) is 18.9 Å². The van der Waals surface area contributed by atoms with Gasteiger partial charge in [-0.05, 0) is 29.5 Å². The maximum atomic E-state index is 11.7. The molecule has 0 unspecified atom stereocenters. The summed E-state index contributed by atoms with van der Waals surface area (Å²) in [4.78, 5) is 11.7. The number of rotatable bonds is 4. The lowest BCUT2D eigenvalue weighted by Crippen LogP contribution is -2.40. The molecule has 0 N–H and O–H groups in total. The molecule has 0 radical (unpaired) electrons. The molecule has 4 heteroatoms. The quantitative estimate of drug-likeness (QED) is 0.846. The van der Waals surface area contributed by atoms with Crippen molar-refractivity contribution < 1.29 is 4.79 Å². The zero-order valence-electron chi connectivity index (χ0n) is 12.3. The maximum Gasteiger partial charge on any atom is 0.153 e. The largest absolute Gasteiger partial charge is 0.298 e. The second-order valence-corrected chi connectivity index (χ2v) is 6.55. The first-order valence-corrected chi connectivity index (χ1v) is 7.37. The number of hydrogen-bond acceptors (Lipinski definition) is 3. The smallest absolute Gasteiger partial charge is 0.153 e. The van der Waals surface area contributed by atoms with Crippen molar-refractivity contribution in [3.05, 3.63) is 34.9 Å². The van der Waals surface area contributed by atoms with Crippen LogP contribution in [0.3, 0.4) is 0 Å². The number of ketones is 1. The third kappa shape index (κ3) is 3.83. The molecule has 1 heterocycles. The number of carbonyl (C=O) groups excluding carboxylic acids is 1. The Balaban J connectivity index is 2.25. The van der Waals surface area contributed by atoms with Crippen molar-refractivity contribution in [2.24, 2.45) is 10.5 Å². The average molecular weight is 293 g/mol. The van der Waals surface area contributed by atoms with Crippen molar-refractivity contribution >= 4 is 23.1 Å². The highest BCUT2D eigenvalue weighted by Crippen LogP contribution is 2.29. The topological polar surface area (TPSA) is 32.7 Å². The van der Waals surface area contributed by atoms with Gasteiger partial charge in [-0.1, -0.05) is 44.5 Å². The van der Waals surface area contributed by atoms with Crippen LogP contribution < -0.4 is 0 Å². The molecule has 1 aromatic carbocycles. The fourth-order valence-electron chi connectivity index (χ4n) is 2.45. The maximum absolute atomic E-state index is 11.7. The number of halogens is 1. The fraction of sp³-hybridized carbons (Fsp3) is 0.500. The molecular weight excluding hydrogens is 272 g/mol. The number of nitrogens with zero attached hydrogens (tertiary/aromatic N) is 2. The van der Waals surface area contributed by atoms with Crippen LogP contribution in [0.1, 0.15) is 39.2 Å². The Bertz CT molecular complexity index is 520. The fourth-order valence-corrected chi connectivity index (χ4v) is 2.58. The molecule has 0 saturated carbocycles. The van der Waals surface area contributed by atoms with Gasteiger partial charge in [0, 0.05) is 18.0 Å². The lowest BCUT2D eigenvalue weighted by Gasteiger charge is -2.36. The predicted octanol–water partition coefficient (Wildman–Crippen LogP) is 3.76. The van der Waals surface area contributed by atoms with Crippen molar-refractivity contribution in [3.63, 3.8) is 0 Å². The van der Waals surface area contributed by atoms with E-state index in [1.54, 1.807) is 0 Å². The van der Waals surface area contributed by atoms with E-state index in [9.17, 15) is 4.79 Å². The number of benzene rings is 1. The van der Waals surface area contributed by atoms with E-state index < -0.39 is 0 Å². The summed E-state index contributed by atoms with van der Waals surface area (Å²) < 4.78 is 0. The Kier molecular flexibility index (Phi) is 4.48. The molecule has 1 aliphatic rings. The van der Waals surface area contributed by atoms with Gasteiger partial charge < -0.3 is 0 Å². The van der Waals surface area contributed by atoms with Gasteiger partial charge in [0.05, 0.1) is 12.3 Å². The summed E-state index contributed by atoms with van der Waals surface area (Å²) in [6.45, 7) is 7.52. The van der Waals surface area contributed by atoms with E-state index in [1.165, 1.54) is 0 Å². The molecule has 2 rings (SSSR count). The highest BCUT2D eigenvalue weighted by molar-refractivity contribution is 6.30. The molecule has 0 atom stereocenters. The molecule has 3 nitrogen and oxygen atoms in total. The summed E-state index contributed by atoms with van der Waals surface area (Å²) in [7, 11) is 0. The third-order valence-corrected chi connectivity index (χ3v) is 3.70. The van der Waals surface area contributed by atoms with Crippen LogP contribution in [-0.4, -0.2) is 29.6 Å². The van der Waals surface area contributed by atoms with Crippen LogP contribution in [0.5, 0.6) is 0 Å². The lowest BCUT2D eigenvalue weighted by atomic mass is 9.83. The second kappa shape index (κ2) is 5.96. The van der Waals surface area contributed by atoms with E-state index in [1.807, 2.05) is 36.2 Å². The summed E-state index contributed by atoms with van der Waals surface area (Å²) in [5.41, 5.74) is 2.23. The zero-order valence-corrected chi connectivity index (χ0v) is 13.1. The van der Waals surface area contributed by atoms with Crippen molar-refractivity contribution in [1.82, 2.24) is 5.01 Å². The van der Waals surface area contributed by atoms with Crippen LogP contribution in [-0.2, 0) is 4.79 Å². The van der Waals surface area contributed by atoms with Gasteiger partial charge in [0.2, 0.25) is 0 Å². The molecule has 20 heavy (non-hydrogen) atoms. The number of hydrazone groups is 1. The average Bonchev–Trinajstić information content (AvgIpc) is 2.37. The molecule has 108 valence electrons. The van der Waals surface area contributed by atoms with E-state index in [0.717, 1.165) is 29.3 Å². The van der Waals surface area contributed by atoms with Crippen molar-refractivity contribution in [1.29, 1.82) is 0 Å². The van der Waals surface area contributed by atoms with Gasteiger partial charge in [-0.25, -0.2) is 0 Å². The first kappa shape index (κ1) is 15.0. The number of Topliss-reactive ketones (excluding diaryl/α,β-unsaturated/α-hetero) is 1. The zero-order chi connectivity index (χ0) is 14.8. The first-order valence-electron chi connectivity index (χ1n) is 7.00. The van der Waals surface area contributed by atoms with Gasteiger partial charge in [0.1, 0.15) is 0 Å². The van der Waals surface area contributed by atoms with Crippen molar-refractivity contribution in [3.8, 4) is 0 Å². The third-order valence-electron chi connectivity index (χ3n) is 3.45. The SMILES string of the molecule is CCC(=O)CN1CC(C)(C)CC(c2ccc(Cl)cc2)=N1. The minimum atomic E-state index is 0.116. The Hall–Kier alpha value is -1.35. The van der Waals surface area contributed by atoms with Gasteiger partial charge in [0.25, 0.3) is 0 Å². The molecule has 1 aromatic rings. The summed E-state index contributed by atoms with van der Waals surface area (Å²) in [6, 6.07) is 7.73. The van der Waals surface area contributed by atoms with Crippen LogP contribution in [0.25, 0.3) is 0 Å². The predicted molar refractivity (Wildman–Crippen MR) is 83.3 cm³/mol. The molecule has 0 amide bonds. The highest BCUT2D eigenvalue weighted by atomic mass is 35.5. The molecule has 0 bridgehead atoms. The Labute approximate surface area is 125 Å². The van der Waals surface area contributed by atoms with E-state index in [0.29, 0.717) is 13.0 Å². The minimum Gasteiger partial charge on any atom is -0.298 e. The highest BCUT2D eigenvalue weighted by Gasteiger charge is 2.29. The summed E-state index contributed by atoms with van der Waals surface area (Å²) >= 11 is 5.93. The van der Waals surface area contributed by atoms with Crippen LogP contribution in [0.4, 0.5) is 0 Å². The molecule has 1 aliphatic heterocycles. The van der Waals surface area contributed by atoms with Crippen LogP contribution >= 0.6 is 11.6 Å². The van der Waals surface area contributed by atoms with Crippen LogP contribution in [0.15, 0.2) is 29.4 Å². The summed E-state index contributed by atoms with van der Waals surface area (Å²) in [5, 5.41) is 7.28. The standard InChI is InChI=1S/C16H21ClN2O/c1-4-14(20)10-19-11-16(2,3)9-15(18-19)12-5-7-13(17)8-6-12/h5-8H,4,9-11H2,1-3H3. The number of carbonyl (C=O) groups is 1. The molecule has 0 spiro atoms. The van der Waals surface area contributed by atoms with Gasteiger partial charge in [-0.2, -0.15) is 5.10 Å². The summed E-state index contributed by atoms with van der Waals surface area (Å²) in [6.07, 6.45) is 1.47. The molecule has 0 saturated heterocycles. The monoisotopic (exact) mass is 292 g/mol. The molecule has 0 aromatic heterocycles. The summed E-state index contributed by atoms with van der Waals surface area (Å²) in [5.74, 6) is 0.224. The Morgan fingerprint density at radius 3 is 2.60 bits per heavy atom. The van der Waals surface area contributed by atoms with Crippen molar-refractivity contribution in [2.75, 3.05) is 13.1 Å². The molecule has 0 aliphatic carbocycles.